The number of rotatable bonds is 6. The number of hydrogen-bond acceptors (Lipinski definition) is 8. The molecule has 0 unspecified atom stereocenters. The van der Waals surface area contributed by atoms with Gasteiger partial charge in [0.15, 0.2) is 11.2 Å². The Kier molecular flexibility index (Phi) is 6.63. The van der Waals surface area contributed by atoms with Crippen LogP contribution < -0.4 is 14.3 Å². The number of ether oxygens (including phenoxy) is 1. The first-order valence-corrected chi connectivity index (χ1v) is 14.5. The minimum Gasteiger partial charge on any atom is -0.493 e. The van der Waals surface area contributed by atoms with E-state index in [2.05, 4.69) is 36.7 Å². The minimum absolute atomic E-state index is 0.0653. The summed E-state index contributed by atoms with van der Waals surface area (Å²) in [4.78, 5) is 23.8. The number of aromatic amines is 1. The quantitative estimate of drug-likeness (QED) is 0.285. The third-order valence-corrected chi connectivity index (χ3v) is 7.94. The van der Waals surface area contributed by atoms with Gasteiger partial charge in [0, 0.05) is 34.3 Å². The third kappa shape index (κ3) is 4.87. The van der Waals surface area contributed by atoms with Crippen LogP contribution in [0.15, 0.2) is 53.6 Å². The van der Waals surface area contributed by atoms with Crippen molar-refractivity contribution in [2.24, 2.45) is 0 Å². The molecule has 0 atom stereocenters. The van der Waals surface area contributed by atoms with Gasteiger partial charge in [-0.1, -0.05) is 9.95 Å². The van der Waals surface area contributed by atoms with E-state index in [-0.39, 0.29) is 17.2 Å². The maximum Gasteiger partial charge on any atom is 0.488 e. The van der Waals surface area contributed by atoms with Gasteiger partial charge >= 0.3 is 10.5 Å². The molecule has 1 aliphatic heterocycles. The summed E-state index contributed by atoms with van der Waals surface area (Å²) in [6.07, 6.45) is 4.29. The van der Waals surface area contributed by atoms with Crippen LogP contribution in [-0.4, -0.2) is 54.6 Å². The lowest BCUT2D eigenvalue weighted by molar-refractivity contribution is 0.226. The van der Waals surface area contributed by atoms with Crippen molar-refractivity contribution in [3.05, 3.63) is 64.6 Å². The van der Waals surface area contributed by atoms with Gasteiger partial charge in [0.05, 0.1) is 40.7 Å². The maximum absolute atomic E-state index is 14.1. The fourth-order valence-corrected chi connectivity index (χ4v) is 6.05. The molecule has 6 rings (SSSR count). The molecule has 2 aromatic carbocycles. The summed E-state index contributed by atoms with van der Waals surface area (Å²) in [6, 6.07) is 12.3. The Morgan fingerprint density at radius 3 is 2.63 bits per heavy atom. The lowest BCUT2D eigenvalue weighted by atomic mass is 9.99. The number of halogens is 1. The van der Waals surface area contributed by atoms with Gasteiger partial charge in [0.25, 0.3) is 0 Å². The Morgan fingerprint density at radius 1 is 1.15 bits per heavy atom. The number of hydrogen-bond donors (Lipinski definition) is 1. The zero-order valence-electron chi connectivity index (χ0n) is 22.3. The van der Waals surface area contributed by atoms with Crippen LogP contribution in [0.25, 0.3) is 44.0 Å². The van der Waals surface area contributed by atoms with Gasteiger partial charge in [-0.15, -0.1) is 0 Å². The molecule has 0 radical (unpaired) electrons. The topological polar surface area (TPSA) is 130 Å². The molecule has 0 bridgehead atoms. The standard InChI is InChI=1S/C29H26FN5O5S/c1-3-39-26-13-23-25(12-22(26)18-11-20(16-32-15-18)40-41(30,37)38)35(19-6-8-34(2)9-7-19)29-27(28(23)36)21-5-4-17(14-31)10-24(21)33-29/h4-5,10-13,15-16,19,33H,3,6-9H2,1-2H3. The Morgan fingerprint density at radius 2 is 1.93 bits per heavy atom. The van der Waals surface area contributed by atoms with Gasteiger partial charge < -0.3 is 23.4 Å². The molecule has 4 heterocycles. The molecule has 0 spiro atoms. The van der Waals surface area contributed by atoms with Crippen molar-refractivity contribution in [2.45, 2.75) is 25.8 Å². The SMILES string of the molecule is CCOc1cc2c(=O)c3c4ccc(C#N)cc4[nH]c3n(C3CCN(C)CC3)c2cc1-c1cncc(OS(=O)(=O)F)c1. The predicted octanol–water partition coefficient (Wildman–Crippen LogP) is 4.83. The fraction of sp³-hybridized carbons (Fsp3) is 0.276. The van der Waals surface area contributed by atoms with Crippen LogP contribution in [-0.2, 0) is 10.5 Å². The van der Waals surface area contributed by atoms with E-state index in [0.29, 0.717) is 56.5 Å². The highest BCUT2D eigenvalue weighted by Crippen LogP contribution is 2.39. The number of likely N-dealkylation sites (tertiary alicyclic amines) is 1. The second kappa shape index (κ2) is 10.2. The number of nitrogens with one attached hydrogen (secondary N) is 1. The van der Waals surface area contributed by atoms with E-state index in [0.717, 1.165) is 37.5 Å². The van der Waals surface area contributed by atoms with Crippen LogP contribution in [0.2, 0.25) is 0 Å². The van der Waals surface area contributed by atoms with Gasteiger partial charge in [0.2, 0.25) is 0 Å². The molecule has 1 aliphatic rings. The second-order valence-corrected chi connectivity index (χ2v) is 11.1. The van der Waals surface area contributed by atoms with Gasteiger partial charge in [-0.25, -0.2) is 0 Å². The van der Waals surface area contributed by atoms with Crippen molar-refractivity contribution in [2.75, 3.05) is 26.7 Å². The molecule has 10 nitrogen and oxygen atoms in total. The van der Waals surface area contributed by atoms with Crippen molar-refractivity contribution in [1.82, 2.24) is 19.4 Å². The highest BCUT2D eigenvalue weighted by Gasteiger charge is 2.26. The third-order valence-electron chi connectivity index (χ3n) is 7.55. The van der Waals surface area contributed by atoms with Crippen LogP contribution in [0.1, 0.15) is 31.4 Å². The molecule has 210 valence electrons. The van der Waals surface area contributed by atoms with Crippen LogP contribution in [0.4, 0.5) is 3.89 Å². The molecule has 12 heteroatoms. The molecule has 1 N–H and O–H groups in total. The van der Waals surface area contributed by atoms with Crippen molar-refractivity contribution >= 4 is 43.3 Å². The summed E-state index contributed by atoms with van der Waals surface area (Å²) in [5.41, 5.74) is 3.29. The summed E-state index contributed by atoms with van der Waals surface area (Å²) in [7, 11) is -3.17. The number of pyridine rings is 2. The number of piperidine rings is 1. The highest BCUT2D eigenvalue weighted by atomic mass is 32.3. The zero-order chi connectivity index (χ0) is 28.9. The Labute approximate surface area is 235 Å². The average molecular weight is 576 g/mol. The summed E-state index contributed by atoms with van der Waals surface area (Å²) in [5.74, 6) is 0.0969. The van der Waals surface area contributed by atoms with Crippen molar-refractivity contribution in [3.63, 3.8) is 0 Å². The first kappa shape index (κ1) is 26.7. The van der Waals surface area contributed by atoms with E-state index in [1.54, 1.807) is 24.3 Å². The first-order valence-electron chi connectivity index (χ1n) is 13.2. The Hall–Kier alpha value is -4.47. The van der Waals surface area contributed by atoms with Crippen LogP contribution in [0.5, 0.6) is 11.5 Å². The first-order chi connectivity index (χ1) is 19.7. The van der Waals surface area contributed by atoms with E-state index >= 15 is 0 Å². The molecule has 41 heavy (non-hydrogen) atoms. The predicted molar refractivity (Wildman–Crippen MR) is 153 cm³/mol. The number of fused-ring (bicyclic) bond motifs is 4. The number of aromatic nitrogens is 3. The minimum atomic E-state index is -5.25. The zero-order valence-corrected chi connectivity index (χ0v) is 23.2. The van der Waals surface area contributed by atoms with Crippen molar-refractivity contribution < 1.29 is 21.2 Å². The molecule has 0 aliphatic carbocycles. The molecular weight excluding hydrogens is 549 g/mol. The van der Waals surface area contributed by atoms with Crippen LogP contribution >= 0.6 is 0 Å². The van der Waals surface area contributed by atoms with Gasteiger partial charge in [-0.05, 0) is 70.2 Å². The molecule has 1 saturated heterocycles. The highest BCUT2D eigenvalue weighted by molar-refractivity contribution is 7.81. The number of nitrogens with zero attached hydrogens (tertiary/aromatic N) is 4. The number of H-pyrrole nitrogens is 1. The van der Waals surface area contributed by atoms with Gasteiger partial charge in [-0.2, -0.15) is 13.7 Å². The second-order valence-electron chi connectivity index (χ2n) is 10.1. The van der Waals surface area contributed by atoms with E-state index < -0.39 is 10.5 Å². The molecule has 5 aromatic rings. The average Bonchev–Trinajstić information content (AvgIpc) is 3.32. The van der Waals surface area contributed by atoms with Crippen LogP contribution in [0, 0.1) is 11.3 Å². The summed E-state index contributed by atoms with van der Waals surface area (Å²) in [6.45, 7) is 3.87. The maximum atomic E-state index is 14.1. The molecule has 1 fully saturated rings. The van der Waals surface area contributed by atoms with E-state index in [9.17, 15) is 22.4 Å². The van der Waals surface area contributed by atoms with E-state index in [1.807, 2.05) is 13.0 Å². The van der Waals surface area contributed by atoms with Gasteiger partial charge in [-0.3, -0.25) is 9.78 Å². The number of benzene rings is 2. The number of nitriles is 1. The van der Waals surface area contributed by atoms with Gasteiger partial charge in [0.1, 0.15) is 11.4 Å². The monoisotopic (exact) mass is 575 g/mol. The van der Waals surface area contributed by atoms with Crippen LogP contribution in [0.3, 0.4) is 0 Å². The normalized spacial score (nSPS) is 15.0. The van der Waals surface area contributed by atoms with E-state index in [1.165, 1.54) is 12.3 Å². The lowest BCUT2D eigenvalue weighted by Crippen LogP contribution is -2.32. The Bertz CT molecular complexity index is 2040. The molecule has 0 saturated carbocycles. The summed E-state index contributed by atoms with van der Waals surface area (Å²) in [5, 5.41) is 11.2. The van der Waals surface area contributed by atoms with Crippen molar-refractivity contribution in [1.29, 1.82) is 5.26 Å². The Balaban J connectivity index is 1.69. The fourth-order valence-electron chi connectivity index (χ4n) is 5.73. The lowest BCUT2D eigenvalue weighted by Gasteiger charge is -2.32. The van der Waals surface area contributed by atoms with Crippen molar-refractivity contribution in [3.8, 4) is 28.7 Å². The van der Waals surface area contributed by atoms with E-state index in [4.69, 9.17) is 4.74 Å². The summed E-state index contributed by atoms with van der Waals surface area (Å²) < 4.78 is 48.0. The molecule has 3 aromatic heterocycles. The molecule has 0 amide bonds. The largest absolute Gasteiger partial charge is 0.493 e. The smallest absolute Gasteiger partial charge is 0.488 e. The summed E-state index contributed by atoms with van der Waals surface area (Å²) >= 11 is 0. The molecular formula is C29H26FN5O5S.